The lowest BCUT2D eigenvalue weighted by Crippen LogP contribution is -2.01. The largest absolute Gasteiger partial charge is 0.307 e. The molecule has 1 aliphatic heterocycles. The van der Waals surface area contributed by atoms with E-state index in [1.54, 1.807) is 0 Å². The molecule has 2 aromatic heterocycles. The average Bonchev–Trinajstić information content (AvgIpc) is 2.66. The van der Waals surface area contributed by atoms with Gasteiger partial charge in [-0.1, -0.05) is 0 Å². The lowest BCUT2D eigenvalue weighted by molar-refractivity contribution is 0.752. The zero-order valence-electron chi connectivity index (χ0n) is 7.95. The van der Waals surface area contributed by atoms with Crippen molar-refractivity contribution in [1.82, 2.24) is 14.7 Å². The van der Waals surface area contributed by atoms with E-state index < -0.39 is 0 Å². The number of rotatable bonds is 0. The number of hydrogen-bond donors (Lipinski definition) is 1. The van der Waals surface area contributed by atoms with E-state index in [1.807, 2.05) is 12.4 Å². The predicted molar refractivity (Wildman–Crippen MR) is 57.7 cm³/mol. The number of hydrogen-bond acceptors (Lipinski definition) is 2. The maximum Gasteiger partial charge on any atom is 0.137 e. The van der Waals surface area contributed by atoms with Crippen LogP contribution in [0.3, 0.4) is 0 Å². The van der Waals surface area contributed by atoms with Crippen LogP contribution in [0.15, 0.2) is 18.5 Å². The van der Waals surface area contributed by atoms with E-state index in [4.69, 9.17) is 0 Å². The van der Waals surface area contributed by atoms with Crippen molar-refractivity contribution in [2.75, 3.05) is 0 Å². The lowest BCUT2D eigenvalue weighted by atomic mass is 10.1. The number of aryl methyl sites for hydroxylation is 1. The summed E-state index contributed by atoms with van der Waals surface area (Å²) in [6, 6.07) is 2.14. The van der Waals surface area contributed by atoms with Gasteiger partial charge in [-0.25, -0.2) is 4.98 Å². The third-order valence-corrected chi connectivity index (χ3v) is 2.72. The van der Waals surface area contributed by atoms with Gasteiger partial charge in [0.1, 0.15) is 5.65 Å². The minimum Gasteiger partial charge on any atom is -0.307 e. The van der Waals surface area contributed by atoms with Gasteiger partial charge in [0.15, 0.2) is 0 Å². The summed E-state index contributed by atoms with van der Waals surface area (Å²) in [7, 11) is 0. The van der Waals surface area contributed by atoms with Crippen LogP contribution in [0.25, 0.3) is 5.65 Å². The molecule has 0 radical (unpaired) electrons. The topological polar surface area (TPSA) is 29.3 Å². The first-order chi connectivity index (χ1) is 6.36. The molecular weight excluding hydrogens is 198 g/mol. The molecular formula is C10H12ClN3. The van der Waals surface area contributed by atoms with Gasteiger partial charge in [-0.2, -0.15) is 0 Å². The highest BCUT2D eigenvalue weighted by atomic mass is 35.5. The van der Waals surface area contributed by atoms with Crippen molar-refractivity contribution < 1.29 is 0 Å². The Labute approximate surface area is 88.6 Å². The maximum atomic E-state index is 4.29. The van der Waals surface area contributed by atoms with Gasteiger partial charge in [-0.15, -0.1) is 12.4 Å². The molecule has 0 spiro atoms. The number of pyridine rings is 1. The molecule has 0 atom stereocenters. The molecule has 0 fully saturated rings. The SMILES string of the molecule is Cc1cc2nccn2c2c1CNC2.Cl. The highest BCUT2D eigenvalue weighted by Gasteiger charge is 2.15. The van der Waals surface area contributed by atoms with E-state index in [0.29, 0.717) is 0 Å². The van der Waals surface area contributed by atoms with Gasteiger partial charge >= 0.3 is 0 Å². The molecule has 3 heterocycles. The fourth-order valence-electron chi connectivity index (χ4n) is 2.04. The molecule has 0 saturated carbocycles. The van der Waals surface area contributed by atoms with Crippen molar-refractivity contribution in [3.63, 3.8) is 0 Å². The number of aromatic nitrogens is 2. The summed E-state index contributed by atoms with van der Waals surface area (Å²) in [5, 5.41) is 3.36. The van der Waals surface area contributed by atoms with Crippen molar-refractivity contribution in [3.05, 3.63) is 35.3 Å². The molecule has 0 aromatic carbocycles. The molecule has 0 saturated heterocycles. The first-order valence-corrected chi connectivity index (χ1v) is 4.51. The smallest absolute Gasteiger partial charge is 0.137 e. The molecule has 14 heavy (non-hydrogen) atoms. The minimum atomic E-state index is 0. The van der Waals surface area contributed by atoms with Crippen LogP contribution in [0.4, 0.5) is 0 Å². The normalized spacial score (nSPS) is 14.1. The van der Waals surface area contributed by atoms with Gasteiger partial charge in [0.2, 0.25) is 0 Å². The van der Waals surface area contributed by atoms with E-state index in [1.165, 1.54) is 16.8 Å². The summed E-state index contributed by atoms with van der Waals surface area (Å²) in [6.45, 7) is 4.11. The second-order valence-corrected chi connectivity index (χ2v) is 3.51. The Bertz CT molecular complexity index is 475. The zero-order chi connectivity index (χ0) is 8.84. The fourth-order valence-corrected chi connectivity index (χ4v) is 2.04. The van der Waals surface area contributed by atoms with Crippen LogP contribution >= 0.6 is 12.4 Å². The Morgan fingerprint density at radius 3 is 3.14 bits per heavy atom. The van der Waals surface area contributed by atoms with E-state index in [2.05, 4.69) is 27.7 Å². The van der Waals surface area contributed by atoms with Gasteiger partial charge in [0.25, 0.3) is 0 Å². The van der Waals surface area contributed by atoms with Crippen LogP contribution < -0.4 is 5.32 Å². The van der Waals surface area contributed by atoms with Gasteiger partial charge in [-0.05, 0) is 24.1 Å². The molecule has 1 N–H and O–H groups in total. The minimum absolute atomic E-state index is 0. The van der Waals surface area contributed by atoms with Gasteiger partial charge < -0.3 is 9.72 Å². The Hall–Kier alpha value is -1.06. The van der Waals surface area contributed by atoms with Gasteiger partial charge in [0, 0.05) is 31.2 Å². The number of nitrogens with zero attached hydrogens (tertiary/aromatic N) is 2. The summed E-state index contributed by atoms with van der Waals surface area (Å²) >= 11 is 0. The van der Waals surface area contributed by atoms with Crippen LogP contribution in [0, 0.1) is 6.92 Å². The Morgan fingerprint density at radius 1 is 1.43 bits per heavy atom. The van der Waals surface area contributed by atoms with Crippen molar-refractivity contribution in [2.24, 2.45) is 0 Å². The standard InChI is InChI=1S/C10H11N3.ClH/c1-7-4-10-12-2-3-13(10)9-6-11-5-8(7)9;/h2-4,11H,5-6H2,1H3;1H. The molecule has 4 heteroatoms. The second kappa shape index (κ2) is 3.26. The van der Waals surface area contributed by atoms with Crippen LogP contribution in [-0.4, -0.2) is 9.38 Å². The Kier molecular flexibility index (Phi) is 2.21. The lowest BCUT2D eigenvalue weighted by Gasteiger charge is -2.05. The van der Waals surface area contributed by atoms with E-state index in [0.717, 1.165) is 18.7 Å². The zero-order valence-corrected chi connectivity index (χ0v) is 8.77. The van der Waals surface area contributed by atoms with Crippen LogP contribution in [0.1, 0.15) is 16.8 Å². The number of halogens is 1. The van der Waals surface area contributed by atoms with Gasteiger partial charge in [0.05, 0.1) is 0 Å². The van der Waals surface area contributed by atoms with Crippen molar-refractivity contribution in [3.8, 4) is 0 Å². The third kappa shape index (κ3) is 1.13. The first kappa shape index (κ1) is 9.49. The average molecular weight is 210 g/mol. The summed E-state index contributed by atoms with van der Waals surface area (Å²) in [5.41, 5.74) is 5.21. The van der Waals surface area contributed by atoms with Crippen molar-refractivity contribution >= 4 is 18.1 Å². The summed E-state index contributed by atoms with van der Waals surface area (Å²) in [4.78, 5) is 4.29. The Balaban J connectivity index is 0.000000750. The van der Waals surface area contributed by atoms with Crippen molar-refractivity contribution in [1.29, 1.82) is 0 Å². The molecule has 0 aliphatic carbocycles. The molecule has 2 aromatic rings. The summed E-state index contributed by atoms with van der Waals surface area (Å²) < 4.78 is 2.17. The fraction of sp³-hybridized carbons (Fsp3) is 0.300. The first-order valence-electron chi connectivity index (χ1n) is 4.51. The van der Waals surface area contributed by atoms with Gasteiger partial charge in [-0.3, -0.25) is 0 Å². The third-order valence-electron chi connectivity index (χ3n) is 2.72. The molecule has 3 nitrogen and oxygen atoms in total. The van der Waals surface area contributed by atoms with Crippen molar-refractivity contribution in [2.45, 2.75) is 20.0 Å². The summed E-state index contributed by atoms with van der Waals surface area (Å²) in [6.07, 6.45) is 3.88. The quantitative estimate of drug-likeness (QED) is 0.715. The van der Waals surface area contributed by atoms with Crippen LogP contribution in [0.2, 0.25) is 0 Å². The van der Waals surface area contributed by atoms with E-state index >= 15 is 0 Å². The highest BCUT2D eigenvalue weighted by Crippen LogP contribution is 2.21. The number of fused-ring (bicyclic) bond motifs is 3. The second-order valence-electron chi connectivity index (χ2n) is 3.51. The number of nitrogens with one attached hydrogen (secondary N) is 1. The molecule has 0 unspecified atom stereocenters. The predicted octanol–water partition coefficient (Wildman–Crippen LogP) is 1.67. The summed E-state index contributed by atoms with van der Waals surface area (Å²) in [5.74, 6) is 0. The molecule has 1 aliphatic rings. The van der Waals surface area contributed by atoms with Crippen LogP contribution in [0.5, 0.6) is 0 Å². The highest BCUT2D eigenvalue weighted by molar-refractivity contribution is 5.85. The maximum absolute atomic E-state index is 4.29. The number of imidazole rings is 1. The van der Waals surface area contributed by atoms with E-state index in [9.17, 15) is 0 Å². The molecule has 74 valence electrons. The Morgan fingerprint density at radius 2 is 2.29 bits per heavy atom. The monoisotopic (exact) mass is 209 g/mol. The van der Waals surface area contributed by atoms with E-state index in [-0.39, 0.29) is 12.4 Å². The molecule has 0 bridgehead atoms. The molecule has 0 amide bonds. The van der Waals surface area contributed by atoms with Crippen LogP contribution in [-0.2, 0) is 13.1 Å². The molecule has 3 rings (SSSR count).